The van der Waals surface area contributed by atoms with Crippen LogP contribution in [0.4, 0.5) is 0 Å². The number of aromatic nitrogens is 4. The molecule has 24 heavy (non-hydrogen) atoms. The van der Waals surface area contributed by atoms with Gasteiger partial charge in [-0.15, -0.1) is 0 Å². The van der Waals surface area contributed by atoms with Gasteiger partial charge in [0.15, 0.2) is 0 Å². The van der Waals surface area contributed by atoms with Gasteiger partial charge in [-0.1, -0.05) is 0 Å². The molecule has 126 valence electrons. The van der Waals surface area contributed by atoms with Crippen LogP contribution in [-0.2, 0) is 19.5 Å². The summed E-state index contributed by atoms with van der Waals surface area (Å²) in [7, 11) is 0. The van der Waals surface area contributed by atoms with Crippen LogP contribution >= 0.6 is 0 Å². The van der Waals surface area contributed by atoms with Crippen LogP contribution in [0.2, 0.25) is 0 Å². The second kappa shape index (κ2) is 9.81. The molecule has 0 amide bonds. The SMILES string of the molecule is O.O=C(O)c1cc(=O)[nH]c(=O)[nH]1.O=C(O)c1cc(=O)[nH]c(=O)[nH]1.[Zn]. The zero-order chi connectivity index (χ0) is 16.9. The van der Waals surface area contributed by atoms with E-state index in [1.54, 1.807) is 0 Å². The predicted octanol–water partition coefficient (Wildman–Crippen LogP) is -3.30. The van der Waals surface area contributed by atoms with Crippen molar-refractivity contribution >= 4 is 11.9 Å². The zero-order valence-corrected chi connectivity index (χ0v) is 14.7. The fourth-order valence-corrected chi connectivity index (χ4v) is 1.17. The maximum absolute atomic E-state index is 10.5. The van der Waals surface area contributed by atoms with E-state index in [1.807, 2.05) is 19.9 Å². The number of hydrogen-bond acceptors (Lipinski definition) is 6. The molecule has 0 saturated carbocycles. The monoisotopic (exact) mass is 394 g/mol. The number of hydrogen-bond donors (Lipinski definition) is 6. The first kappa shape index (κ1) is 23.2. The fourth-order valence-electron chi connectivity index (χ4n) is 1.17. The molecule has 14 heteroatoms. The van der Waals surface area contributed by atoms with Crippen LogP contribution in [-0.4, -0.2) is 47.6 Å². The Morgan fingerprint density at radius 2 is 1.00 bits per heavy atom. The van der Waals surface area contributed by atoms with Crippen LogP contribution in [0.15, 0.2) is 31.3 Å². The standard InChI is InChI=1S/2C5H4N2O4.H2O.Zn/c2*8-3-1-2(4(9)10)6-5(11)7-3;;/h2*1H,(H,9,10)(H2,6,7,8,11);1H2;. The normalized spacial score (nSPS) is 8.67. The van der Waals surface area contributed by atoms with Crippen LogP contribution in [0, 0.1) is 0 Å². The number of nitrogens with one attached hydrogen (secondary N) is 4. The molecule has 2 heterocycles. The van der Waals surface area contributed by atoms with Gasteiger partial charge in [0.25, 0.3) is 11.1 Å². The van der Waals surface area contributed by atoms with Crippen LogP contribution in [0.1, 0.15) is 21.0 Å². The fraction of sp³-hybridized carbons (Fsp3) is 0. The van der Waals surface area contributed by atoms with Gasteiger partial charge in [0, 0.05) is 31.6 Å². The molecule has 0 atom stereocenters. The molecule has 13 nitrogen and oxygen atoms in total. The summed E-state index contributed by atoms with van der Waals surface area (Å²) in [4.78, 5) is 69.7. The summed E-state index contributed by atoms with van der Waals surface area (Å²) in [5.41, 5.74) is -3.94. The molecule has 2 aromatic heterocycles. The summed E-state index contributed by atoms with van der Waals surface area (Å²) < 4.78 is 0. The van der Waals surface area contributed by atoms with Gasteiger partial charge < -0.3 is 25.7 Å². The smallest absolute Gasteiger partial charge is 0.352 e. The van der Waals surface area contributed by atoms with Crippen molar-refractivity contribution in [2.24, 2.45) is 0 Å². The Kier molecular flexibility index (Phi) is 9.46. The van der Waals surface area contributed by atoms with Crippen LogP contribution < -0.4 is 22.5 Å². The summed E-state index contributed by atoms with van der Waals surface area (Å²) in [5.74, 6) is -2.68. The van der Waals surface area contributed by atoms with E-state index in [2.05, 4.69) is 0 Å². The van der Waals surface area contributed by atoms with Gasteiger partial charge in [0.1, 0.15) is 11.4 Å². The van der Waals surface area contributed by atoms with Crippen LogP contribution in [0.3, 0.4) is 0 Å². The molecule has 2 rings (SSSR count). The predicted molar refractivity (Wildman–Crippen MR) is 72.9 cm³/mol. The summed E-state index contributed by atoms with van der Waals surface area (Å²) in [6, 6.07) is 1.59. The van der Waals surface area contributed by atoms with Gasteiger partial charge in [0.2, 0.25) is 0 Å². The number of carboxylic acids is 2. The number of rotatable bonds is 2. The maximum Gasteiger partial charge on any atom is 0.352 e. The third kappa shape index (κ3) is 7.24. The molecule has 2 aromatic rings. The van der Waals surface area contributed by atoms with E-state index in [9.17, 15) is 28.8 Å². The van der Waals surface area contributed by atoms with E-state index in [1.165, 1.54) is 0 Å². The van der Waals surface area contributed by atoms with Crippen molar-refractivity contribution in [3.63, 3.8) is 0 Å². The minimum atomic E-state index is -1.34. The molecule has 0 bridgehead atoms. The molecule has 0 radical (unpaired) electrons. The third-order valence-corrected chi connectivity index (χ3v) is 1.98. The molecule has 0 fully saturated rings. The van der Waals surface area contributed by atoms with Gasteiger partial charge in [-0.05, 0) is 0 Å². The molecular formula is C10H10N4O9Zn. The van der Waals surface area contributed by atoms with Crippen molar-refractivity contribution in [2.45, 2.75) is 0 Å². The molecule has 0 spiro atoms. The van der Waals surface area contributed by atoms with Crippen LogP contribution in [0.5, 0.6) is 0 Å². The van der Waals surface area contributed by atoms with E-state index in [0.29, 0.717) is 0 Å². The van der Waals surface area contributed by atoms with Gasteiger partial charge in [-0.3, -0.25) is 19.6 Å². The molecule has 0 aliphatic heterocycles. The minimum Gasteiger partial charge on any atom is -0.477 e. The number of H-pyrrole nitrogens is 4. The molecule has 0 aromatic carbocycles. The molecule has 0 unspecified atom stereocenters. The number of carbonyl (C=O) groups is 2. The Labute approximate surface area is 142 Å². The van der Waals surface area contributed by atoms with E-state index in [4.69, 9.17) is 10.2 Å². The first-order valence-electron chi connectivity index (χ1n) is 5.33. The molecule has 0 aliphatic rings. The van der Waals surface area contributed by atoms with Crippen molar-refractivity contribution in [1.29, 1.82) is 0 Å². The number of carboxylic acid groups (broad SMARTS) is 2. The molecule has 8 N–H and O–H groups in total. The Balaban J connectivity index is 0. The summed E-state index contributed by atoms with van der Waals surface area (Å²) in [5, 5.41) is 16.6. The Morgan fingerprint density at radius 1 is 0.708 bits per heavy atom. The third-order valence-electron chi connectivity index (χ3n) is 1.98. The maximum atomic E-state index is 10.5. The minimum absolute atomic E-state index is 0. The Bertz CT molecular complexity index is 804. The quantitative estimate of drug-likeness (QED) is 0.281. The zero-order valence-electron chi connectivity index (χ0n) is 11.7. The van der Waals surface area contributed by atoms with Crippen molar-refractivity contribution in [3.8, 4) is 0 Å². The summed E-state index contributed by atoms with van der Waals surface area (Å²) in [6.45, 7) is 0. The van der Waals surface area contributed by atoms with Crippen molar-refractivity contribution in [1.82, 2.24) is 19.9 Å². The topological polar surface area (TPSA) is 238 Å². The van der Waals surface area contributed by atoms with Gasteiger partial charge in [-0.2, -0.15) is 0 Å². The first-order valence-corrected chi connectivity index (χ1v) is 5.33. The van der Waals surface area contributed by atoms with Crippen LogP contribution in [0.25, 0.3) is 0 Å². The van der Waals surface area contributed by atoms with E-state index in [-0.39, 0.29) is 25.0 Å². The number of aromatic amines is 4. The van der Waals surface area contributed by atoms with Crippen molar-refractivity contribution < 1.29 is 44.8 Å². The first-order chi connectivity index (χ1) is 10.2. The Hall–Kier alpha value is -3.12. The summed E-state index contributed by atoms with van der Waals surface area (Å²) in [6.07, 6.45) is 0. The second-order valence-electron chi connectivity index (χ2n) is 3.61. The second-order valence-corrected chi connectivity index (χ2v) is 3.61. The van der Waals surface area contributed by atoms with Gasteiger partial charge in [-0.25, -0.2) is 19.2 Å². The average molecular weight is 396 g/mol. The van der Waals surface area contributed by atoms with Gasteiger partial charge in [0.05, 0.1) is 0 Å². The van der Waals surface area contributed by atoms with Crippen molar-refractivity contribution in [2.75, 3.05) is 0 Å². The van der Waals surface area contributed by atoms with Crippen molar-refractivity contribution in [3.05, 3.63) is 65.2 Å². The van der Waals surface area contributed by atoms with E-state index >= 15 is 0 Å². The largest absolute Gasteiger partial charge is 0.477 e. The van der Waals surface area contributed by atoms with E-state index < -0.39 is 45.8 Å². The Morgan fingerprint density at radius 3 is 1.21 bits per heavy atom. The number of aromatic carboxylic acids is 2. The average Bonchev–Trinajstić information content (AvgIpc) is 2.37. The molecule has 0 saturated heterocycles. The van der Waals surface area contributed by atoms with E-state index in [0.717, 1.165) is 12.1 Å². The molecular weight excluding hydrogens is 386 g/mol. The molecule has 0 aliphatic carbocycles. The van der Waals surface area contributed by atoms with Gasteiger partial charge >= 0.3 is 23.3 Å². The summed E-state index contributed by atoms with van der Waals surface area (Å²) >= 11 is 0.